The lowest BCUT2D eigenvalue weighted by atomic mass is 10.2. The maximum absolute atomic E-state index is 5.69. The van der Waals surface area contributed by atoms with Crippen LogP contribution in [0.3, 0.4) is 0 Å². The highest BCUT2D eigenvalue weighted by molar-refractivity contribution is 5.34. The Morgan fingerprint density at radius 3 is 2.94 bits per heavy atom. The molecule has 18 heavy (non-hydrogen) atoms. The molecule has 1 aromatic heterocycles. The van der Waals surface area contributed by atoms with Gasteiger partial charge in [0.25, 0.3) is 0 Å². The first-order chi connectivity index (χ1) is 8.81. The topological polar surface area (TPSA) is 37.4 Å². The summed E-state index contributed by atoms with van der Waals surface area (Å²) in [5, 5.41) is 3.04. The van der Waals surface area contributed by atoms with E-state index in [4.69, 9.17) is 4.74 Å². The average molecular weight is 249 g/mol. The summed E-state index contributed by atoms with van der Waals surface area (Å²) in [5.74, 6) is 0.918. The third-order valence-electron chi connectivity index (χ3n) is 3.42. The van der Waals surface area contributed by atoms with Gasteiger partial charge in [0.1, 0.15) is 5.82 Å². The van der Waals surface area contributed by atoms with E-state index in [1.807, 2.05) is 19.3 Å². The van der Waals surface area contributed by atoms with Gasteiger partial charge in [0.2, 0.25) is 0 Å². The molecular weight excluding hydrogens is 226 g/mol. The van der Waals surface area contributed by atoms with E-state index in [2.05, 4.69) is 28.2 Å². The Balaban J connectivity index is 1.87. The minimum absolute atomic E-state index is 0.425. The monoisotopic (exact) mass is 249 g/mol. The zero-order valence-electron chi connectivity index (χ0n) is 11.4. The van der Waals surface area contributed by atoms with E-state index >= 15 is 0 Å². The molecule has 0 spiro atoms. The van der Waals surface area contributed by atoms with Crippen molar-refractivity contribution in [1.82, 2.24) is 9.88 Å². The van der Waals surface area contributed by atoms with Crippen molar-refractivity contribution in [2.45, 2.75) is 32.4 Å². The highest BCUT2D eigenvalue weighted by atomic mass is 16.5. The van der Waals surface area contributed by atoms with Crippen LogP contribution >= 0.6 is 0 Å². The molecule has 1 aromatic rings. The number of aromatic nitrogens is 1. The van der Waals surface area contributed by atoms with Gasteiger partial charge in [-0.25, -0.2) is 4.98 Å². The van der Waals surface area contributed by atoms with Crippen molar-refractivity contribution < 1.29 is 4.74 Å². The second-order valence-electron chi connectivity index (χ2n) is 4.76. The fourth-order valence-electron chi connectivity index (χ4n) is 2.31. The summed E-state index contributed by atoms with van der Waals surface area (Å²) in [6.45, 7) is 6.16. The van der Waals surface area contributed by atoms with Crippen molar-refractivity contribution in [2.75, 3.05) is 32.1 Å². The molecule has 1 saturated heterocycles. The van der Waals surface area contributed by atoms with Gasteiger partial charge in [-0.3, -0.25) is 4.90 Å². The minimum atomic E-state index is 0.425. The van der Waals surface area contributed by atoms with Crippen LogP contribution in [0.4, 0.5) is 5.82 Å². The quantitative estimate of drug-likeness (QED) is 0.838. The average Bonchev–Trinajstić information content (AvgIpc) is 2.91. The van der Waals surface area contributed by atoms with Crippen molar-refractivity contribution in [3.8, 4) is 0 Å². The van der Waals surface area contributed by atoms with Gasteiger partial charge in [-0.05, 0) is 31.0 Å². The minimum Gasteiger partial charge on any atom is -0.377 e. The highest BCUT2D eigenvalue weighted by Gasteiger charge is 2.18. The van der Waals surface area contributed by atoms with Gasteiger partial charge >= 0.3 is 0 Å². The summed E-state index contributed by atoms with van der Waals surface area (Å²) >= 11 is 0. The molecule has 1 fully saturated rings. The summed E-state index contributed by atoms with van der Waals surface area (Å²) < 4.78 is 5.69. The van der Waals surface area contributed by atoms with E-state index in [-0.39, 0.29) is 0 Å². The molecule has 100 valence electrons. The molecule has 0 aliphatic carbocycles. The van der Waals surface area contributed by atoms with E-state index in [9.17, 15) is 0 Å². The fourth-order valence-corrected chi connectivity index (χ4v) is 2.31. The van der Waals surface area contributed by atoms with Gasteiger partial charge in [0.05, 0.1) is 6.10 Å². The Hall–Kier alpha value is -1.13. The van der Waals surface area contributed by atoms with Crippen molar-refractivity contribution in [3.05, 3.63) is 23.9 Å². The standard InChI is InChI=1S/C14H23N3O/c1-3-17(11-13-5-4-8-18-13)10-12-6-7-14(15-2)16-9-12/h6-7,9,13H,3-5,8,10-11H2,1-2H3,(H,15,16). The lowest BCUT2D eigenvalue weighted by Crippen LogP contribution is -2.31. The van der Waals surface area contributed by atoms with Gasteiger partial charge in [-0.1, -0.05) is 13.0 Å². The SMILES string of the molecule is CCN(Cc1ccc(NC)nc1)CC1CCCO1. The van der Waals surface area contributed by atoms with Crippen LogP contribution < -0.4 is 5.32 Å². The molecule has 1 aliphatic rings. The Labute approximate surface area is 109 Å². The molecule has 2 heterocycles. The third-order valence-corrected chi connectivity index (χ3v) is 3.42. The molecule has 0 saturated carbocycles. The maximum atomic E-state index is 5.69. The highest BCUT2D eigenvalue weighted by Crippen LogP contribution is 2.15. The van der Waals surface area contributed by atoms with Gasteiger partial charge in [-0.15, -0.1) is 0 Å². The predicted octanol–water partition coefficient (Wildman–Crippen LogP) is 2.12. The van der Waals surface area contributed by atoms with Crippen LogP contribution in [-0.2, 0) is 11.3 Å². The first-order valence-electron chi connectivity index (χ1n) is 6.78. The van der Waals surface area contributed by atoms with Crippen LogP contribution in [0, 0.1) is 0 Å². The van der Waals surface area contributed by atoms with Gasteiger partial charge in [-0.2, -0.15) is 0 Å². The summed E-state index contributed by atoms with van der Waals surface area (Å²) in [7, 11) is 1.89. The van der Waals surface area contributed by atoms with Crippen molar-refractivity contribution >= 4 is 5.82 Å². The molecule has 0 radical (unpaired) electrons. The lowest BCUT2D eigenvalue weighted by Gasteiger charge is -2.23. The van der Waals surface area contributed by atoms with Crippen LogP contribution in [0.5, 0.6) is 0 Å². The zero-order valence-corrected chi connectivity index (χ0v) is 11.4. The molecule has 0 bridgehead atoms. The number of hydrogen-bond acceptors (Lipinski definition) is 4. The molecule has 1 N–H and O–H groups in total. The number of nitrogens with zero attached hydrogens (tertiary/aromatic N) is 2. The lowest BCUT2D eigenvalue weighted by molar-refractivity contribution is 0.0724. The van der Waals surface area contributed by atoms with Gasteiger partial charge in [0, 0.05) is 32.9 Å². The molecular formula is C14H23N3O. The molecule has 1 atom stereocenters. The van der Waals surface area contributed by atoms with Gasteiger partial charge < -0.3 is 10.1 Å². The number of nitrogens with one attached hydrogen (secondary N) is 1. The fraction of sp³-hybridized carbons (Fsp3) is 0.643. The summed E-state index contributed by atoms with van der Waals surface area (Å²) in [5.41, 5.74) is 1.26. The maximum Gasteiger partial charge on any atom is 0.125 e. The van der Waals surface area contributed by atoms with E-state index in [1.54, 1.807) is 0 Å². The van der Waals surface area contributed by atoms with E-state index < -0.39 is 0 Å². The summed E-state index contributed by atoms with van der Waals surface area (Å²) in [6, 6.07) is 4.16. The third kappa shape index (κ3) is 3.68. The molecule has 1 aliphatic heterocycles. The van der Waals surface area contributed by atoms with Crippen molar-refractivity contribution in [3.63, 3.8) is 0 Å². The Bertz CT molecular complexity index is 347. The summed E-state index contributed by atoms with van der Waals surface area (Å²) in [4.78, 5) is 6.77. The second-order valence-corrected chi connectivity index (χ2v) is 4.76. The number of pyridine rings is 1. The van der Waals surface area contributed by atoms with Crippen LogP contribution in [0.25, 0.3) is 0 Å². The first kappa shape index (κ1) is 13.3. The van der Waals surface area contributed by atoms with Crippen molar-refractivity contribution in [1.29, 1.82) is 0 Å². The Morgan fingerprint density at radius 1 is 1.50 bits per heavy atom. The molecule has 4 heteroatoms. The number of hydrogen-bond donors (Lipinski definition) is 1. The van der Waals surface area contributed by atoms with Crippen LogP contribution in [0.15, 0.2) is 18.3 Å². The molecule has 4 nitrogen and oxygen atoms in total. The number of ether oxygens (including phenoxy) is 1. The molecule has 1 unspecified atom stereocenters. The Morgan fingerprint density at radius 2 is 2.39 bits per heavy atom. The normalized spacial score (nSPS) is 19.4. The molecule has 2 rings (SSSR count). The smallest absolute Gasteiger partial charge is 0.125 e. The van der Waals surface area contributed by atoms with Gasteiger partial charge in [0.15, 0.2) is 0 Å². The van der Waals surface area contributed by atoms with E-state index in [0.717, 1.165) is 32.1 Å². The first-order valence-corrected chi connectivity index (χ1v) is 6.78. The molecule has 0 amide bonds. The van der Waals surface area contributed by atoms with Crippen LogP contribution in [-0.4, -0.2) is 42.7 Å². The number of anilines is 1. The predicted molar refractivity (Wildman–Crippen MR) is 73.7 cm³/mol. The van der Waals surface area contributed by atoms with Crippen LogP contribution in [0.1, 0.15) is 25.3 Å². The summed E-state index contributed by atoms with van der Waals surface area (Å²) in [6.07, 6.45) is 4.78. The Kier molecular flexibility index (Phi) is 4.96. The number of rotatable bonds is 6. The number of likely N-dealkylation sites (N-methyl/N-ethyl adjacent to an activating group) is 1. The molecule has 0 aromatic carbocycles. The largest absolute Gasteiger partial charge is 0.377 e. The van der Waals surface area contributed by atoms with Crippen LogP contribution in [0.2, 0.25) is 0 Å². The zero-order chi connectivity index (χ0) is 12.8. The van der Waals surface area contributed by atoms with E-state index in [1.165, 1.54) is 18.4 Å². The van der Waals surface area contributed by atoms with Crippen molar-refractivity contribution in [2.24, 2.45) is 0 Å². The van der Waals surface area contributed by atoms with E-state index in [0.29, 0.717) is 6.10 Å². The second kappa shape index (κ2) is 6.71.